The topological polar surface area (TPSA) is 0 Å². The molecule has 3 radical (unpaired) electrons. The van der Waals surface area contributed by atoms with E-state index in [4.69, 9.17) is 0 Å². The molecule has 0 saturated carbocycles. The van der Waals surface area contributed by atoms with Crippen LogP contribution in [0.3, 0.4) is 0 Å². The molecule has 5 rings (SSSR count). The van der Waals surface area contributed by atoms with Gasteiger partial charge in [-0.25, -0.2) is 0 Å². The number of hydrogen-bond acceptors (Lipinski definition) is 0. The van der Waals surface area contributed by atoms with E-state index < -0.39 is 0 Å². The first-order valence-electron chi connectivity index (χ1n) is 8.89. The van der Waals surface area contributed by atoms with Gasteiger partial charge in [0, 0.05) is 0 Å². The van der Waals surface area contributed by atoms with Crippen molar-refractivity contribution >= 4 is 28.9 Å². The summed E-state index contributed by atoms with van der Waals surface area (Å²) in [6.45, 7) is 0. The van der Waals surface area contributed by atoms with Crippen LogP contribution in [-0.2, 0) is 5.41 Å². The summed E-state index contributed by atoms with van der Waals surface area (Å²) >= 11 is 1.06. The summed E-state index contributed by atoms with van der Waals surface area (Å²) < 4.78 is 1.44. The summed E-state index contributed by atoms with van der Waals surface area (Å²) in [7, 11) is 0. The molecule has 0 spiro atoms. The van der Waals surface area contributed by atoms with Crippen LogP contribution in [0.15, 0.2) is 103 Å². The quantitative estimate of drug-likeness (QED) is 0.290. The third-order valence-corrected chi connectivity index (χ3v) is 6.67. The molecular formula is C25H17Pb. The van der Waals surface area contributed by atoms with E-state index in [-0.39, 0.29) is 5.41 Å². The minimum absolute atomic E-state index is 0.241. The van der Waals surface area contributed by atoms with Crippen LogP contribution in [0.25, 0.3) is 11.1 Å². The van der Waals surface area contributed by atoms with Gasteiger partial charge in [0.05, 0.1) is 0 Å². The first kappa shape index (κ1) is 16.0. The van der Waals surface area contributed by atoms with Gasteiger partial charge >= 0.3 is 171 Å². The summed E-state index contributed by atoms with van der Waals surface area (Å²) in [6.07, 6.45) is 0. The Hall–Kier alpha value is -2.20. The maximum absolute atomic E-state index is 2.43. The van der Waals surface area contributed by atoms with Crippen LogP contribution >= 0.6 is 0 Å². The third-order valence-electron chi connectivity index (χ3n) is 5.46. The van der Waals surface area contributed by atoms with Crippen molar-refractivity contribution in [2.45, 2.75) is 5.41 Å². The first-order valence-corrected chi connectivity index (χ1v) is 10.8. The molecule has 0 heterocycles. The normalized spacial score (nSPS) is 13.9. The van der Waals surface area contributed by atoms with Crippen LogP contribution in [0.1, 0.15) is 22.3 Å². The Morgan fingerprint density at radius 1 is 0.500 bits per heavy atom. The van der Waals surface area contributed by atoms with Gasteiger partial charge < -0.3 is 0 Å². The average molecular weight is 525 g/mol. The van der Waals surface area contributed by atoms with E-state index in [0.29, 0.717) is 0 Å². The first-order chi connectivity index (χ1) is 12.8. The summed E-state index contributed by atoms with van der Waals surface area (Å²) in [6, 6.07) is 37.9. The molecule has 1 heteroatoms. The second-order valence-electron chi connectivity index (χ2n) is 6.79. The molecule has 0 nitrogen and oxygen atoms in total. The zero-order valence-electron chi connectivity index (χ0n) is 14.3. The van der Waals surface area contributed by atoms with Gasteiger partial charge in [0.15, 0.2) is 0 Å². The number of fused-ring (bicyclic) bond motifs is 3. The molecule has 4 aromatic carbocycles. The molecule has 0 amide bonds. The standard InChI is InChI=1S/C25H17.Pb/c1-3-11-19(12-4-1)25(20-13-5-2-6-14-20)23-17-9-7-15-21(23)22-16-8-10-18-24(22)25;/h1-9,11-18H;. The van der Waals surface area contributed by atoms with Gasteiger partial charge in [0.25, 0.3) is 0 Å². The molecular weight excluding hydrogens is 507 g/mol. The van der Waals surface area contributed by atoms with Crippen LogP contribution < -0.4 is 3.12 Å². The average Bonchev–Trinajstić information content (AvgIpc) is 3.00. The maximum atomic E-state index is 2.43. The van der Waals surface area contributed by atoms with Crippen molar-refractivity contribution in [3.63, 3.8) is 0 Å². The Morgan fingerprint density at radius 3 is 1.69 bits per heavy atom. The van der Waals surface area contributed by atoms with Gasteiger partial charge in [-0.05, 0) is 0 Å². The van der Waals surface area contributed by atoms with Gasteiger partial charge in [-0.3, -0.25) is 0 Å². The molecule has 1 aliphatic carbocycles. The van der Waals surface area contributed by atoms with Crippen molar-refractivity contribution in [2.24, 2.45) is 0 Å². The van der Waals surface area contributed by atoms with Gasteiger partial charge in [-0.15, -0.1) is 0 Å². The minimum atomic E-state index is -0.241. The van der Waals surface area contributed by atoms with Gasteiger partial charge in [-0.1, -0.05) is 0 Å². The molecule has 1 aliphatic rings. The molecule has 26 heavy (non-hydrogen) atoms. The van der Waals surface area contributed by atoms with Crippen molar-refractivity contribution < 1.29 is 0 Å². The second-order valence-corrected chi connectivity index (χ2v) is 9.03. The predicted molar refractivity (Wildman–Crippen MR) is 109 cm³/mol. The fourth-order valence-electron chi connectivity index (χ4n) is 4.44. The summed E-state index contributed by atoms with van der Waals surface area (Å²) in [5, 5.41) is 0. The van der Waals surface area contributed by atoms with Crippen LogP contribution in [0, 0.1) is 0 Å². The Bertz CT molecular complexity index is 1040. The molecule has 0 bridgehead atoms. The van der Waals surface area contributed by atoms with Crippen molar-refractivity contribution in [3.05, 3.63) is 125 Å². The van der Waals surface area contributed by atoms with Crippen LogP contribution in [-0.4, -0.2) is 25.8 Å². The van der Waals surface area contributed by atoms with Crippen LogP contribution in [0.2, 0.25) is 0 Å². The summed E-state index contributed by atoms with van der Waals surface area (Å²) in [4.78, 5) is 0. The van der Waals surface area contributed by atoms with Crippen molar-refractivity contribution in [1.82, 2.24) is 0 Å². The summed E-state index contributed by atoms with van der Waals surface area (Å²) in [5.74, 6) is 0. The van der Waals surface area contributed by atoms with E-state index in [0.717, 1.165) is 25.8 Å². The van der Waals surface area contributed by atoms with Crippen molar-refractivity contribution in [3.8, 4) is 11.1 Å². The van der Waals surface area contributed by atoms with Crippen molar-refractivity contribution in [2.75, 3.05) is 0 Å². The van der Waals surface area contributed by atoms with Gasteiger partial charge in [-0.2, -0.15) is 0 Å². The number of rotatable bonds is 2. The Labute approximate surface area is 170 Å². The Kier molecular flexibility index (Phi) is 3.82. The van der Waals surface area contributed by atoms with Crippen LogP contribution in [0.5, 0.6) is 0 Å². The van der Waals surface area contributed by atoms with E-state index in [9.17, 15) is 0 Å². The van der Waals surface area contributed by atoms with E-state index in [1.54, 1.807) is 0 Å². The van der Waals surface area contributed by atoms with E-state index in [1.165, 1.54) is 36.5 Å². The van der Waals surface area contributed by atoms with Gasteiger partial charge in [0.2, 0.25) is 0 Å². The molecule has 0 atom stereocenters. The fraction of sp³-hybridized carbons (Fsp3) is 0.0400. The Balaban J connectivity index is 1.99. The zero-order valence-corrected chi connectivity index (χ0v) is 18.2. The third kappa shape index (κ3) is 2.18. The van der Waals surface area contributed by atoms with Crippen molar-refractivity contribution in [1.29, 1.82) is 0 Å². The molecule has 121 valence electrons. The van der Waals surface area contributed by atoms with Crippen LogP contribution in [0.4, 0.5) is 0 Å². The molecule has 0 aliphatic heterocycles. The predicted octanol–water partition coefficient (Wildman–Crippen LogP) is 4.84. The zero-order chi connectivity index (χ0) is 17.6. The fourth-order valence-corrected chi connectivity index (χ4v) is 5.33. The molecule has 0 saturated heterocycles. The van der Waals surface area contributed by atoms with E-state index in [1.807, 2.05) is 0 Å². The number of benzene rings is 4. The van der Waals surface area contributed by atoms with E-state index >= 15 is 0 Å². The Morgan fingerprint density at radius 2 is 1.04 bits per heavy atom. The molecule has 0 aromatic heterocycles. The second kappa shape index (κ2) is 6.20. The summed E-state index contributed by atoms with van der Waals surface area (Å²) in [5.41, 5.74) is 7.97. The molecule has 0 unspecified atom stereocenters. The molecule has 0 N–H and O–H groups in total. The number of hydrogen-bond donors (Lipinski definition) is 0. The van der Waals surface area contributed by atoms with E-state index in [2.05, 4.69) is 103 Å². The monoisotopic (exact) mass is 525 g/mol. The molecule has 0 fully saturated rings. The SMILES string of the molecule is [Pb][c]1ccc2c(c1)C(c1ccccc1)(c1ccccc1)c1ccccc1-2. The molecule has 4 aromatic rings. The van der Waals surface area contributed by atoms with Gasteiger partial charge in [0.1, 0.15) is 0 Å².